The Morgan fingerprint density at radius 3 is 2.50 bits per heavy atom. The molecule has 0 atom stereocenters. The Hall–Kier alpha value is -0.660. The van der Waals surface area contributed by atoms with Gasteiger partial charge in [0.15, 0.2) is 5.88 Å². The lowest BCUT2D eigenvalue weighted by molar-refractivity contribution is 0.140. The Labute approximate surface area is 63.5 Å². The number of unbranched alkanes of at least 4 members (excludes halogenated alkanes) is 1. The molecule has 0 aliphatic carbocycles. The fourth-order valence-electron chi connectivity index (χ4n) is 0.463. The van der Waals surface area contributed by atoms with Gasteiger partial charge in [0.1, 0.15) is 0 Å². The number of hydrogen-bond donors (Lipinski definition) is 0. The maximum atomic E-state index is 5.28. The van der Waals surface area contributed by atoms with Crippen LogP contribution in [0, 0.1) is 0 Å². The van der Waals surface area contributed by atoms with E-state index in [1.807, 2.05) is 19.0 Å². The number of hydrogen-bond acceptors (Lipinski definition) is 2. The molecule has 0 rings (SSSR count). The van der Waals surface area contributed by atoms with Crippen LogP contribution in [0.15, 0.2) is 12.5 Å². The van der Waals surface area contributed by atoms with E-state index in [4.69, 9.17) is 4.74 Å². The lowest BCUT2D eigenvalue weighted by Gasteiger charge is -2.15. The van der Waals surface area contributed by atoms with E-state index in [-0.39, 0.29) is 0 Å². The van der Waals surface area contributed by atoms with Gasteiger partial charge in [-0.25, -0.2) is 0 Å². The maximum absolute atomic E-state index is 5.28. The Morgan fingerprint density at radius 1 is 1.50 bits per heavy atom. The molecular weight excluding hydrogens is 126 g/mol. The van der Waals surface area contributed by atoms with Gasteiger partial charge in [-0.2, -0.15) is 0 Å². The van der Waals surface area contributed by atoms with Crippen molar-refractivity contribution in [1.29, 1.82) is 0 Å². The van der Waals surface area contributed by atoms with Gasteiger partial charge in [0.25, 0.3) is 0 Å². The quantitative estimate of drug-likeness (QED) is 0.430. The van der Waals surface area contributed by atoms with Gasteiger partial charge in [-0.1, -0.05) is 13.3 Å². The zero-order valence-electron chi connectivity index (χ0n) is 7.18. The van der Waals surface area contributed by atoms with Crippen molar-refractivity contribution < 1.29 is 4.74 Å². The van der Waals surface area contributed by atoms with E-state index in [1.165, 1.54) is 6.42 Å². The summed E-state index contributed by atoms with van der Waals surface area (Å²) in [7, 11) is 3.85. The highest BCUT2D eigenvalue weighted by molar-refractivity contribution is 4.77. The van der Waals surface area contributed by atoms with E-state index in [0.29, 0.717) is 0 Å². The molecule has 0 unspecified atom stereocenters. The predicted octanol–water partition coefficient (Wildman–Crippen LogP) is 1.84. The second-order valence-corrected chi connectivity index (χ2v) is 2.49. The van der Waals surface area contributed by atoms with Crippen LogP contribution in [-0.2, 0) is 4.74 Å². The molecule has 0 heterocycles. The molecular formula is C8H17NO. The average molecular weight is 143 g/mol. The third-order valence-electron chi connectivity index (χ3n) is 1.27. The summed E-state index contributed by atoms with van der Waals surface area (Å²) in [5, 5.41) is 0. The lowest BCUT2D eigenvalue weighted by atomic mass is 10.4. The molecule has 0 aromatic rings. The summed E-state index contributed by atoms with van der Waals surface area (Å²) in [4.78, 5) is 1.87. The van der Waals surface area contributed by atoms with Gasteiger partial charge in [0, 0.05) is 14.1 Å². The number of nitrogens with zero attached hydrogens (tertiary/aromatic N) is 1. The van der Waals surface area contributed by atoms with Crippen LogP contribution in [0.2, 0.25) is 0 Å². The van der Waals surface area contributed by atoms with Gasteiger partial charge < -0.3 is 9.64 Å². The van der Waals surface area contributed by atoms with E-state index in [0.717, 1.165) is 18.9 Å². The highest BCUT2D eigenvalue weighted by Crippen LogP contribution is 1.98. The summed E-state index contributed by atoms with van der Waals surface area (Å²) >= 11 is 0. The van der Waals surface area contributed by atoms with Crippen molar-refractivity contribution in [3.8, 4) is 0 Å². The van der Waals surface area contributed by atoms with Crippen LogP contribution in [0.3, 0.4) is 0 Å². The molecule has 0 saturated carbocycles. The van der Waals surface area contributed by atoms with E-state index < -0.39 is 0 Å². The first-order valence-electron chi connectivity index (χ1n) is 3.67. The highest BCUT2D eigenvalue weighted by atomic mass is 16.5. The van der Waals surface area contributed by atoms with Crippen LogP contribution in [-0.4, -0.2) is 25.6 Å². The second-order valence-electron chi connectivity index (χ2n) is 2.49. The Morgan fingerprint density at radius 2 is 2.10 bits per heavy atom. The molecule has 0 aliphatic rings. The largest absolute Gasteiger partial charge is 0.480 e. The Kier molecular flexibility index (Phi) is 4.81. The van der Waals surface area contributed by atoms with Crippen LogP contribution in [0.25, 0.3) is 0 Å². The standard InChI is InChI=1S/C8H17NO/c1-5-6-7-10-8(2)9(3)4/h2,5-7H2,1,3-4H3. The minimum atomic E-state index is 0.744. The van der Waals surface area contributed by atoms with Gasteiger partial charge >= 0.3 is 0 Å². The maximum Gasteiger partial charge on any atom is 0.181 e. The van der Waals surface area contributed by atoms with Crippen LogP contribution in [0.1, 0.15) is 19.8 Å². The van der Waals surface area contributed by atoms with Crippen molar-refractivity contribution in [2.75, 3.05) is 20.7 Å². The molecule has 0 bridgehead atoms. The number of rotatable bonds is 5. The first-order valence-corrected chi connectivity index (χ1v) is 3.67. The van der Waals surface area contributed by atoms with Crippen LogP contribution in [0.5, 0.6) is 0 Å². The van der Waals surface area contributed by atoms with Crippen molar-refractivity contribution in [2.45, 2.75) is 19.8 Å². The summed E-state index contributed by atoms with van der Waals surface area (Å²) < 4.78 is 5.28. The minimum absolute atomic E-state index is 0.744. The van der Waals surface area contributed by atoms with E-state index in [9.17, 15) is 0 Å². The molecule has 0 aromatic heterocycles. The molecule has 10 heavy (non-hydrogen) atoms. The first-order chi connectivity index (χ1) is 4.68. The van der Waals surface area contributed by atoms with Gasteiger partial charge in [0.05, 0.1) is 6.61 Å². The van der Waals surface area contributed by atoms with Crippen LogP contribution < -0.4 is 0 Å². The van der Waals surface area contributed by atoms with Crippen molar-refractivity contribution in [1.82, 2.24) is 4.90 Å². The van der Waals surface area contributed by atoms with E-state index >= 15 is 0 Å². The normalized spacial score (nSPS) is 9.10. The molecule has 0 radical (unpaired) electrons. The third-order valence-corrected chi connectivity index (χ3v) is 1.27. The summed E-state index contributed by atoms with van der Waals surface area (Å²) in [6.07, 6.45) is 2.27. The predicted molar refractivity (Wildman–Crippen MR) is 43.7 cm³/mol. The first kappa shape index (κ1) is 9.34. The van der Waals surface area contributed by atoms with E-state index in [2.05, 4.69) is 13.5 Å². The third kappa shape index (κ3) is 4.24. The molecule has 0 fully saturated rings. The van der Waals surface area contributed by atoms with Crippen molar-refractivity contribution in [3.05, 3.63) is 12.5 Å². The van der Waals surface area contributed by atoms with Crippen LogP contribution >= 0.6 is 0 Å². The van der Waals surface area contributed by atoms with E-state index in [1.54, 1.807) is 0 Å². The van der Waals surface area contributed by atoms with Gasteiger partial charge in [-0.05, 0) is 13.0 Å². The molecule has 0 aliphatic heterocycles. The fraction of sp³-hybridized carbons (Fsp3) is 0.750. The summed E-state index contributed by atoms with van der Waals surface area (Å²) in [5.74, 6) is 0.744. The summed E-state index contributed by atoms with van der Waals surface area (Å²) in [6, 6.07) is 0. The smallest absolute Gasteiger partial charge is 0.181 e. The number of ether oxygens (including phenoxy) is 1. The fourth-order valence-corrected chi connectivity index (χ4v) is 0.463. The topological polar surface area (TPSA) is 12.5 Å². The molecule has 0 amide bonds. The van der Waals surface area contributed by atoms with Crippen molar-refractivity contribution in [2.24, 2.45) is 0 Å². The summed E-state index contributed by atoms with van der Waals surface area (Å²) in [6.45, 7) is 6.66. The highest BCUT2D eigenvalue weighted by Gasteiger charge is 1.93. The molecule has 2 nitrogen and oxygen atoms in total. The van der Waals surface area contributed by atoms with Crippen molar-refractivity contribution in [3.63, 3.8) is 0 Å². The molecule has 0 saturated heterocycles. The molecule has 0 spiro atoms. The second kappa shape index (κ2) is 5.15. The molecule has 0 aromatic carbocycles. The Balaban J connectivity index is 3.22. The lowest BCUT2D eigenvalue weighted by Crippen LogP contribution is -2.13. The van der Waals surface area contributed by atoms with Gasteiger partial charge in [0.2, 0.25) is 0 Å². The monoisotopic (exact) mass is 143 g/mol. The molecule has 60 valence electrons. The molecule has 0 N–H and O–H groups in total. The summed E-state index contributed by atoms with van der Waals surface area (Å²) in [5.41, 5.74) is 0. The average Bonchev–Trinajstić information content (AvgIpc) is 1.88. The van der Waals surface area contributed by atoms with Gasteiger partial charge in [-0.15, -0.1) is 0 Å². The zero-order valence-corrected chi connectivity index (χ0v) is 7.18. The SMILES string of the molecule is C=C(OCCCC)N(C)C. The Bertz CT molecular complexity index is 99.4. The van der Waals surface area contributed by atoms with Gasteiger partial charge in [-0.3, -0.25) is 0 Å². The van der Waals surface area contributed by atoms with Crippen LogP contribution in [0.4, 0.5) is 0 Å². The van der Waals surface area contributed by atoms with Crippen molar-refractivity contribution >= 4 is 0 Å². The minimum Gasteiger partial charge on any atom is -0.480 e. The zero-order chi connectivity index (χ0) is 7.98. The molecule has 2 heteroatoms.